The van der Waals surface area contributed by atoms with Crippen LogP contribution in [0.3, 0.4) is 0 Å². The molecule has 6 heteroatoms. The molecular weight excluding hydrogens is 282 g/mol. The number of benzene rings is 1. The van der Waals surface area contributed by atoms with Gasteiger partial charge in [0.2, 0.25) is 5.91 Å². The third kappa shape index (κ3) is 4.46. The number of aliphatic hydroxyl groups excluding tert-OH is 1. The highest BCUT2D eigenvalue weighted by Gasteiger charge is 2.09. The molecule has 0 aliphatic rings. The van der Waals surface area contributed by atoms with Crippen LogP contribution >= 0.6 is 0 Å². The van der Waals surface area contributed by atoms with Crippen molar-refractivity contribution in [2.75, 3.05) is 13.6 Å². The van der Waals surface area contributed by atoms with Gasteiger partial charge < -0.3 is 20.0 Å². The maximum absolute atomic E-state index is 12.0. The number of carbonyl (C=O) groups excluding carboxylic acids is 1. The van der Waals surface area contributed by atoms with E-state index in [4.69, 9.17) is 0 Å². The average molecular weight is 305 g/mol. The van der Waals surface area contributed by atoms with Gasteiger partial charge in [0.05, 0.1) is 17.1 Å². The normalized spacial score (nSPS) is 12.5. The van der Waals surface area contributed by atoms with Crippen molar-refractivity contribution in [3.63, 3.8) is 0 Å². The number of hydrogen-bond donors (Lipinski definition) is 3. The molecule has 0 bridgehead atoms. The molecule has 1 aromatic heterocycles. The lowest BCUT2D eigenvalue weighted by Gasteiger charge is -2.17. The number of aryl methyl sites for hydroxylation is 1. The Balaban J connectivity index is 1.81. The van der Waals surface area contributed by atoms with Crippen LogP contribution in [0.2, 0.25) is 0 Å². The first-order valence-electron chi connectivity index (χ1n) is 7.58. The third-order valence-corrected chi connectivity index (χ3v) is 3.74. The quantitative estimate of drug-likeness (QED) is 0.722. The van der Waals surface area contributed by atoms with E-state index in [0.29, 0.717) is 19.4 Å². The molecule has 0 radical (unpaired) electrons. The molecule has 120 valence electrons. The highest BCUT2D eigenvalue weighted by Crippen LogP contribution is 2.13. The molecule has 1 atom stereocenters. The van der Waals surface area contributed by atoms with Crippen molar-refractivity contribution in [2.24, 2.45) is 0 Å². The molecular formula is C16H23N3O3. The third-order valence-electron chi connectivity index (χ3n) is 3.74. The molecule has 1 aromatic carbocycles. The lowest BCUT2D eigenvalue weighted by Crippen LogP contribution is -2.29. The topological polar surface area (TPSA) is 89.2 Å². The molecule has 6 nitrogen and oxygen atoms in total. The Morgan fingerprint density at radius 1 is 1.32 bits per heavy atom. The highest BCUT2D eigenvalue weighted by molar-refractivity contribution is 5.76. The van der Waals surface area contributed by atoms with Crippen LogP contribution in [0.1, 0.15) is 31.7 Å². The maximum atomic E-state index is 12.0. The van der Waals surface area contributed by atoms with Crippen molar-refractivity contribution < 1.29 is 9.90 Å². The number of nitrogens with zero attached hydrogens (tertiary/aromatic N) is 1. The lowest BCUT2D eigenvalue weighted by molar-refractivity contribution is -0.130. The number of aromatic nitrogens is 2. The van der Waals surface area contributed by atoms with Crippen molar-refractivity contribution >= 4 is 16.9 Å². The van der Waals surface area contributed by atoms with Crippen LogP contribution in [0.25, 0.3) is 11.0 Å². The maximum Gasteiger partial charge on any atom is 0.323 e. The SMILES string of the molecule is CC(O)CCN(C)C(=O)CCCc1ccc2[nH]c(=O)[nH]c2c1. The van der Waals surface area contributed by atoms with E-state index in [-0.39, 0.29) is 17.7 Å². The molecule has 0 saturated heterocycles. The largest absolute Gasteiger partial charge is 0.393 e. The fourth-order valence-electron chi connectivity index (χ4n) is 2.37. The van der Waals surface area contributed by atoms with Gasteiger partial charge in [-0.05, 0) is 43.9 Å². The van der Waals surface area contributed by atoms with E-state index in [1.807, 2.05) is 18.2 Å². The average Bonchev–Trinajstić information content (AvgIpc) is 2.83. The number of rotatable bonds is 7. The second-order valence-corrected chi connectivity index (χ2v) is 5.77. The summed E-state index contributed by atoms with van der Waals surface area (Å²) in [5, 5.41) is 9.23. The van der Waals surface area contributed by atoms with Crippen LogP contribution in [0.5, 0.6) is 0 Å². The Morgan fingerprint density at radius 2 is 2.05 bits per heavy atom. The van der Waals surface area contributed by atoms with Crippen molar-refractivity contribution in [1.29, 1.82) is 0 Å². The summed E-state index contributed by atoms with van der Waals surface area (Å²) in [5.41, 5.74) is 2.48. The van der Waals surface area contributed by atoms with Gasteiger partial charge in [0.15, 0.2) is 0 Å². The Hall–Kier alpha value is -2.08. The molecule has 0 saturated carbocycles. The smallest absolute Gasteiger partial charge is 0.323 e. The fourth-order valence-corrected chi connectivity index (χ4v) is 2.37. The van der Waals surface area contributed by atoms with Crippen LogP contribution in [0.4, 0.5) is 0 Å². The molecule has 3 N–H and O–H groups in total. The van der Waals surface area contributed by atoms with Gasteiger partial charge in [-0.15, -0.1) is 0 Å². The molecule has 0 aliphatic carbocycles. The van der Waals surface area contributed by atoms with Crippen LogP contribution in [-0.2, 0) is 11.2 Å². The van der Waals surface area contributed by atoms with Crippen LogP contribution < -0.4 is 5.69 Å². The highest BCUT2D eigenvalue weighted by atomic mass is 16.3. The summed E-state index contributed by atoms with van der Waals surface area (Å²) >= 11 is 0. The Morgan fingerprint density at radius 3 is 2.77 bits per heavy atom. The minimum Gasteiger partial charge on any atom is -0.393 e. The van der Waals surface area contributed by atoms with Gasteiger partial charge in [-0.3, -0.25) is 4.79 Å². The standard InChI is InChI=1S/C16H23N3O3/c1-11(20)8-9-19(2)15(21)5-3-4-12-6-7-13-14(10-12)18-16(22)17-13/h6-7,10-11,20H,3-5,8-9H2,1-2H3,(H2,17,18,22). The van der Waals surface area contributed by atoms with Crippen molar-refractivity contribution in [3.05, 3.63) is 34.2 Å². The van der Waals surface area contributed by atoms with Gasteiger partial charge >= 0.3 is 5.69 Å². The summed E-state index contributed by atoms with van der Waals surface area (Å²) in [7, 11) is 1.77. The van der Waals surface area contributed by atoms with E-state index in [1.165, 1.54) is 0 Å². The molecule has 1 heterocycles. The number of amides is 1. The first-order chi connectivity index (χ1) is 10.5. The summed E-state index contributed by atoms with van der Waals surface area (Å²) in [6, 6.07) is 5.78. The Kier molecular flexibility index (Phi) is 5.38. The van der Waals surface area contributed by atoms with Gasteiger partial charge in [0, 0.05) is 20.0 Å². The Bertz CT molecular complexity index is 687. The van der Waals surface area contributed by atoms with E-state index < -0.39 is 0 Å². The number of aliphatic hydroxyl groups is 1. The zero-order valence-electron chi connectivity index (χ0n) is 13.1. The van der Waals surface area contributed by atoms with Gasteiger partial charge in [-0.25, -0.2) is 4.79 Å². The molecule has 2 aromatic rings. The van der Waals surface area contributed by atoms with Crippen molar-refractivity contribution in [1.82, 2.24) is 14.9 Å². The van der Waals surface area contributed by atoms with E-state index in [0.717, 1.165) is 29.4 Å². The van der Waals surface area contributed by atoms with Crippen LogP contribution in [-0.4, -0.2) is 45.6 Å². The number of fused-ring (bicyclic) bond motifs is 1. The molecule has 22 heavy (non-hydrogen) atoms. The molecule has 0 aliphatic heterocycles. The number of hydrogen-bond acceptors (Lipinski definition) is 3. The molecule has 2 rings (SSSR count). The molecule has 1 unspecified atom stereocenters. The lowest BCUT2D eigenvalue weighted by atomic mass is 10.1. The second-order valence-electron chi connectivity index (χ2n) is 5.77. The first kappa shape index (κ1) is 16.3. The zero-order chi connectivity index (χ0) is 16.1. The van der Waals surface area contributed by atoms with E-state index in [2.05, 4.69) is 9.97 Å². The summed E-state index contributed by atoms with van der Waals surface area (Å²) < 4.78 is 0. The van der Waals surface area contributed by atoms with Crippen LogP contribution in [0.15, 0.2) is 23.0 Å². The first-order valence-corrected chi connectivity index (χ1v) is 7.58. The summed E-state index contributed by atoms with van der Waals surface area (Å²) in [4.78, 5) is 30.3. The predicted molar refractivity (Wildman–Crippen MR) is 85.8 cm³/mol. The number of nitrogens with one attached hydrogen (secondary N) is 2. The van der Waals surface area contributed by atoms with Crippen molar-refractivity contribution in [3.8, 4) is 0 Å². The predicted octanol–water partition coefficient (Wildman–Crippen LogP) is 1.41. The van der Waals surface area contributed by atoms with Gasteiger partial charge in [-0.2, -0.15) is 0 Å². The second kappa shape index (κ2) is 7.26. The van der Waals surface area contributed by atoms with Gasteiger partial charge in [0.1, 0.15) is 0 Å². The van der Waals surface area contributed by atoms with E-state index in [9.17, 15) is 14.7 Å². The molecule has 0 spiro atoms. The fraction of sp³-hybridized carbons (Fsp3) is 0.500. The zero-order valence-corrected chi connectivity index (χ0v) is 13.1. The molecule has 0 fully saturated rings. The summed E-state index contributed by atoms with van der Waals surface area (Å²) in [6.45, 7) is 2.30. The van der Waals surface area contributed by atoms with E-state index >= 15 is 0 Å². The number of aromatic amines is 2. The number of imidazole rings is 1. The molecule has 1 amide bonds. The number of carbonyl (C=O) groups is 1. The number of H-pyrrole nitrogens is 2. The van der Waals surface area contributed by atoms with Crippen LogP contribution in [0, 0.1) is 0 Å². The van der Waals surface area contributed by atoms with Crippen molar-refractivity contribution in [2.45, 2.75) is 38.7 Å². The summed E-state index contributed by atoms with van der Waals surface area (Å²) in [6.07, 6.45) is 2.25. The monoisotopic (exact) mass is 305 g/mol. The minimum absolute atomic E-state index is 0.0942. The van der Waals surface area contributed by atoms with E-state index in [1.54, 1.807) is 18.9 Å². The summed E-state index contributed by atoms with van der Waals surface area (Å²) in [5.74, 6) is 0.0942. The Labute approximate surface area is 129 Å². The van der Waals surface area contributed by atoms with Gasteiger partial charge in [-0.1, -0.05) is 6.07 Å². The minimum atomic E-state index is -0.384. The van der Waals surface area contributed by atoms with Gasteiger partial charge in [0.25, 0.3) is 0 Å².